The molecule has 1 aliphatic carbocycles. The van der Waals surface area contributed by atoms with E-state index in [1.165, 1.54) is 30.9 Å². The minimum Gasteiger partial charge on any atom is -0.858 e. The van der Waals surface area contributed by atoms with Crippen molar-refractivity contribution in [3.05, 3.63) is 164 Å². The van der Waals surface area contributed by atoms with E-state index in [0.717, 1.165) is 19.3 Å². The highest BCUT2D eigenvalue weighted by Gasteiger charge is 2.47. The number of aromatic nitrogens is 4. The molecule has 2 spiro atoms. The zero-order valence-electron chi connectivity index (χ0n) is 32.8. The van der Waals surface area contributed by atoms with Gasteiger partial charge in [0.05, 0.1) is 33.9 Å². The van der Waals surface area contributed by atoms with Gasteiger partial charge in [0.25, 0.3) is 11.1 Å². The van der Waals surface area contributed by atoms with Gasteiger partial charge in [-0.25, -0.2) is 19.0 Å². The number of hydrogen-bond acceptors (Lipinski definition) is 8. The third-order valence-electron chi connectivity index (χ3n) is 11.9. The van der Waals surface area contributed by atoms with Crippen LogP contribution in [-0.4, -0.2) is 41.9 Å². The zero-order chi connectivity index (χ0) is 41.4. The maximum Gasteiger partial charge on any atom is 0.334 e. The minimum absolute atomic E-state index is 0.126. The molecule has 0 bridgehead atoms. The molecular formula is C48H42N4O8-2. The van der Waals surface area contributed by atoms with Crippen LogP contribution in [-0.2, 0) is 19.1 Å². The first-order valence-electron chi connectivity index (χ1n) is 20.4. The summed E-state index contributed by atoms with van der Waals surface area (Å²) in [6, 6.07) is 35.5. The van der Waals surface area contributed by atoms with Crippen LogP contribution >= 0.6 is 0 Å². The molecule has 9 rings (SSSR count). The van der Waals surface area contributed by atoms with Crippen molar-refractivity contribution < 1.29 is 29.3 Å². The summed E-state index contributed by atoms with van der Waals surface area (Å²) in [4.78, 5) is 55.2. The van der Waals surface area contributed by atoms with Gasteiger partial charge in [0.15, 0.2) is 0 Å². The largest absolute Gasteiger partial charge is 0.858 e. The van der Waals surface area contributed by atoms with E-state index in [9.17, 15) is 29.4 Å². The highest BCUT2D eigenvalue weighted by Crippen LogP contribution is 2.45. The van der Waals surface area contributed by atoms with Crippen LogP contribution in [0.4, 0.5) is 0 Å². The fourth-order valence-corrected chi connectivity index (χ4v) is 9.07. The molecule has 0 amide bonds. The average molecular weight is 803 g/mol. The molecule has 6 aromatic rings. The fourth-order valence-electron chi connectivity index (χ4n) is 9.07. The summed E-state index contributed by atoms with van der Waals surface area (Å²) in [7, 11) is 0. The molecule has 12 heteroatoms. The molecule has 2 atom stereocenters. The van der Waals surface area contributed by atoms with Gasteiger partial charge in [-0.3, -0.25) is 19.0 Å². The summed E-state index contributed by atoms with van der Waals surface area (Å²) < 4.78 is 17.6. The molecule has 304 valence electrons. The summed E-state index contributed by atoms with van der Waals surface area (Å²) in [5, 5.41) is 28.0. The number of hydrogen-bond donors (Lipinski definition) is 0. The lowest BCUT2D eigenvalue weighted by Gasteiger charge is -2.33. The molecule has 12 nitrogen and oxygen atoms in total. The molecule has 4 aromatic carbocycles. The Bertz CT molecular complexity index is 2580. The number of carbonyl (C=O) groups excluding carboxylic acids is 2. The van der Waals surface area contributed by atoms with E-state index < -0.39 is 46.0 Å². The molecule has 3 aliphatic rings. The van der Waals surface area contributed by atoms with Crippen LogP contribution < -0.4 is 21.3 Å². The molecule has 0 N–H and O–H groups in total. The van der Waals surface area contributed by atoms with Gasteiger partial charge in [-0.1, -0.05) is 79.2 Å². The third-order valence-corrected chi connectivity index (χ3v) is 11.9. The second kappa shape index (κ2) is 15.6. The summed E-state index contributed by atoms with van der Waals surface area (Å²) in [6.07, 6.45) is 8.25. The van der Waals surface area contributed by atoms with Gasteiger partial charge < -0.3 is 19.7 Å². The molecule has 3 fully saturated rings. The molecule has 2 saturated heterocycles. The molecule has 2 aromatic heterocycles. The Balaban J connectivity index is 0.982. The van der Waals surface area contributed by atoms with Crippen LogP contribution in [0, 0.1) is 0 Å². The molecule has 1 saturated carbocycles. The van der Waals surface area contributed by atoms with E-state index in [2.05, 4.69) is 0 Å². The van der Waals surface area contributed by atoms with Crippen molar-refractivity contribution in [2.24, 2.45) is 0 Å². The van der Waals surface area contributed by atoms with Crippen molar-refractivity contribution in [2.45, 2.75) is 75.4 Å². The van der Waals surface area contributed by atoms with Gasteiger partial charge in [-0.15, -0.1) is 0 Å². The van der Waals surface area contributed by atoms with Crippen LogP contribution in [0.25, 0.3) is 34.9 Å². The Morgan fingerprint density at radius 1 is 0.433 bits per heavy atom. The average Bonchev–Trinajstić information content (AvgIpc) is 3.92. The van der Waals surface area contributed by atoms with Crippen molar-refractivity contribution in [1.29, 1.82) is 0 Å². The van der Waals surface area contributed by atoms with Gasteiger partial charge in [0, 0.05) is 35.7 Å². The quantitative estimate of drug-likeness (QED) is 0.134. The predicted molar refractivity (Wildman–Crippen MR) is 221 cm³/mol. The molecule has 60 heavy (non-hydrogen) atoms. The van der Waals surface area contributed by atoms with E-state index in [1.54, 1.807) is 97.1 Å². The molecule has 4 heterocycles. The lowest BCUT2D eigenvalue weighted by atomic mass is 9.80. The van der Waals surface area contributed by atoms with E-state index in [1.807, 2.05) is 24.3 Å². The van der Waals surface area contributed by atoms with Gasteiger partial charge >= 0.3 is 11.9 Å². The number of rotatable bonds is 6. The maximum absolute atomic E-state index is 14.0. The summed E-state index contributed by atoms with van der Waals surface area (Å²) in [6.45, 7) is 0. The molecular weight excluding hydrogens is 761 g/mol. The van der Waals surface area contributed by atoms with Gasteiger partial charge in [0.1, 0.15) is 11.2 Å². The standard InChI is InChI=1S/C48H44N4O8/c53-41-39(42(54)50(36-19-8-2-9-20-36)49(41)35-17-6-1-7-18-35)29-33-31-47(59-45(33)57)25-14-5-15-26-48(28-16-27-47)32-34(46(58)60-48)30-40-43(55)51(37-21-10-3-11-22-37)52(44(40)56)38-23-12-4-13-24-38/h1-4,6-13,17-24,29-30,53,55H,5,14-16,25-28,31-32H2/p-2. The van der Waals surface area contributed by atoms with Crippen molar-refractivity contribution in [1.82, 2.24) is 18.7 Å². The number of nitrogens with zero attached hydrogens (tertiary/aromatic N) is 4. The van der Waals surface area contributed by atoms with Crippen molar-refractivity contribution >= 4 is 24.1 Å². The number of esters is 2. The maximum atomic E-state index is 14.0. The van der Waals surface area contributed by atoms with Crippen LogP contribution in [0.3, 0.4) is 0 Å². The number of benzene rings is 4. The van der Waals surface area contributed by atoms with Crippen LogP contribution in [0.5, 0.6) is 11.8 Å². The smallest absolute Gasteiger partial charge is 0.334 e. The SMILES string of the molecule is O=C1OC2(CCCCCC3(CCC2)CC(=Cc2c([O-])n(-c4ccccc4)n(-c4ccccc4)c2=O)C(=O)O3)CC1=Cc1c([O-])n(-c2ccccc2)n(-c2ccccc2)c1=O. The van der Waals surface area contributed by atoms with Crippen molar-refractivity contribution in [3.8, 4) is 34.5 Å². The van der Waals surface area contributed by atoms with E-state index in [0.29, 0.717) is 54.9 Å². The molecule has 0 radical (unpaired) electrons. The lowest BCUT2D eigenvalue weighted by Crippen LogP contribution is -2.33. The molecule has 2 unspecified atom stereocenters. The highest BCUT2D eigenvalue weighted by atomic mass is 16.6. The highest BCUT2D eigenvalue weighted by molar-refractivity contribution is 5.97. The Morgan fingerprint density at radius 3 is 1.10 bits per heavy atom. The van der Waals surface area contributed by atoms with Crippen molar-refractivity contribution in [2.75, 3.05) is 0 Å². The first-order chi connectivity index (χ1) is 29.2. The van der Waals surface area contributed by atoms with E-state index in [-0.39, 0.29) is 35.1 Å². The Labute approximate surface area is 345 Å². The molecule has 2 aliphatic heterocycles. The Kier molecular flexibility index (Phi) is 9.99. The lowest BCUT2D eigenvalue weighted by molar-refractivity contribution is -0.279. The fraction of sp³-hybridized carbons (Fsp3) is 0.250. The second-order valence-corrected chi connectivity index (χ2v) is 15.9. The normalized spacial score (nSPS) is 22.1. The predicted octanol–water partition coefficient (Wildman–Crippen LogP) is 6.69. The first kappa shape index (κ1) is 38.4. The monoisotopic (exact) mass is 802 g/mol. The summed E-state index contributed by atoms with van der Waals surface area (Å²) in [5.74, 6) is -2.21. The van der Waals surface area contributed by atoms with Crippen LogP contribution in [0.15, 0.2) is 142 Å². The Hall–Kier alpha value is -7.08. The number of ether oxygens (including phenoxy) is 2. The minimum atomic E-state index is -0.855. The first-order valence-corrected chi connectivity index (χ1v) is 20.4. The Morgan fingerprint density at radius 2 is 0.750 bits per heavy atom. The van der Waals surface area contributed by atoms with Gasteiger partial charge in [-0.05, 0) is 106 Å². The number of para-hydroxylation sites is 4. The van der Waals surface area contributed by atoms with E-state index in [4.69, 9.17) is 9.47 Å². The van der Waals surface area contributed by atoms with Crippen LogP contribution in [0.1, 0.15) is 75.3 Å². The summed E-state index contributed by atoms with van der Waals surface area (Å²) >= 11 is 0. The van der Waals surface area contributed by atoms with Crippen molar-refractivity contribution in [3.63, 3.8) is 0 Å². The third kappa shape index (κ3) is 6.97. The zero-order valence-corrected chi connectivity index (χ0v) is 32.8. The number of carbonyl (C=O) groups is 2. The van der Waals surface area contributed by atoms with E-state index >= 15 is 0 Å². The van der Waals surface area contributed by atoms with Crippen LogP contribution in [0.2, 0.25) is 0 Å². The van der Waals surface area contributed by atoms with Gasteiger partial charge in [-0.2, -0.15) is 0 Å². The summed E-state index contributed by atoms with van der Waals surface area (Å²) in [5.41, 5.74) is -0.500. The second-order valence-electron chi connectivity index (χ2n) is 15.9. The topological polar surface area (TPSA) is 153 Å². The van der Waals surface area contributed by atoms with Gasteiger partial charge in [0.2, 0.25) is 0 Å².